The Morgan fingerprint density at radius 1 is 1.56 bits per heavy atom. The van der Waals surface area contributed by atoms with E-state index in [-0.39, 0.29) is 5.82 Å². The normalized spacial score (nSPS) is 10.8. The summed E-state index contributed by atoms with van der Waals surface area (Å²) in [6, 6.07) is 1.63. The molecule has 96 valence electrons. The van der Waals surface area contributed by atoms with Gasteiger partial charge in [0.15, 0.2) is 0 Å². The highest BCUT2D eigenvalue weighted by molar-refractivity contribution is 7.94. The number of hydrogen-bond donors (Lipinski definition) is 0. The number of pyridine rings is 1. The largest absolute Gasteiger partial charge is 0.463 e. The van der Waals surface area contributed by atoms with Crippen LogP contribution in [0, 0.1) is 0 Å². The Bertz CT molecular complexity index is 589. The molecule has 0 aliphatic rings. The van der Waals surface area contributed by atoms with Crippen molar-refractivity contribution in [3.05, 3.63) is 29.3 Å². The molecule has 6 nitrogen and oxygen atoms in total. The molecule has 0 N–H and O–H groups in total. The molecule has 0 aliphatic carbocycles. The Morgan fingerprint density at radius 2 is 2.33 bits per heavy atom. The predicted molar refractivity (Wildman–Crippen MR) is 65.4 cm³/mol. The zero-order valence-corrected chi connectivity index (χ0v) is 11.3. The third-order valence-electron chi connectivity index (χ3n) is 2.09. The molecule has 0 unspecified atom stereocenters. The van der Waals surface area contributed by atoms with Gasteiger partial charge in [-0.15, -0.1) is 8.77 Å². The molecule has 0 radical (unpaired) electrons. The summed E-state index contributed by atoms with van der Waals surface area (Å²) in [7, 11) is 1.27. The predicted octanol–water partition coefficient (Wildman–Crippen LogP) is 2.88. The van der Waals surface area contributed by atoms with Gasteiger partial charge in [0.1, 0.15) is 11.9 Å². The molecule has 0 saturated heterocycles. The van der Waals surface area contributed by atoms with Crippen molar-refractivity contribution in [2.45, 2.75) is 4.90 Å². The van der Waals surface area contributed by atoms with Crippen molar-refractivity contribution < 1.29 is 18.3 Å². The fourth-order valence-electron chi connectivity index (χ4n) is 1.37. The van der Waals surface area contributed by atoms with Crippen LogP contribution in [0.1, 0.15) is 10.6 Å². The van der Waals surface area contributed by atoms with Crippen molar-refractivity contribution in [3.8, 4) is 0 Å². The number of halogens is 2. The Morgan fingerprint density at radius 3 is 3.00 bits per heavy atom. The van der Waals surface area contributed by atoms with Gasteiger partial charge in [-0.05, 0) is 6.07 Å². The van der Waals surface area contributed by atoms with Crippen LogP contribution in [-0.2, 0) is 13.5 Å². The molecular weight excluding hydrogens is 303 g/mol. The van der Waals surface area contributed by atoms with E-state index in [1.54, 1.807) is 12.3 Å². The Labute approximate surface area is 116 Å². The standard InChI is InChI=1S/C9H6Cl2N2O4S/c1-15-9(14)8-12-3-7-6(10)2-5(4-13(7)8)18-17-16-11/h2-4H,1H3. The van der Waals surface area contributed by atoms with E-state index in [4.69, 9.17) is 23.5 Å². The first-order valence-corrected chi connectivity index (χ1v) is 5.97. The molecule has 18 heavy (non-hydrogen) atoms. The van der Waals surface area contributed by atoms with Crippen LogP contribution >= 0.6 is 35.5 Å². The summed E-state index contributed by atoms with van der Waals surface area (Å²) in [5, 5.41) is 0.404. The van der Waals surface area contributed by atoms with E-state index in [0.717, 1.165) is 12.0 Å². The first-order valence-electron chi connectivity index (χ1n) is 4.54. The summed E-state index contributed by atoms with van der Waals surface area (Å²) in [5.74, 6) is -0.452. The molecule has 2 heterocycles. The smallest absolute Gasteiger partial charge is 0.374 e. The van der Waals surface area contributed by atoms with Gasteiger partial charge in [0, 0.05) is 6.20 Å². The number of aromatic nitrogens is 2. The average molecular weight is 309 g/mol. The molecule has 0 amide bonds. The van der Waals surface area contributed by atoms with Crippen molar-refractivity contribution in [2.24, 2.45) is 0 Å². The summed E-state index contributed by atoms with van der Waals surface area (Å²) in [5.41, 5.74) is 0.577. The monoisotopic (exact) mass is 308 g/mol. The van der Waals surface area contributed by atoms with Gasteiger partial charge >= 0.3 is 5.97 Å². The maximum atomic E-state index is 11.5. The zero-order valence-electron chi connectivity index (χ0n) is 8.92. The fraction of sp³-hybridized carbons (Fsp3) is 0.111. The first-order chi connectivity index (χ1) is 8.67. The fourth-order valence-corrected chi connectivity index (χ4v) is 2.19. The SMILES string of the molecule is COC(=O)c1ncc2c(Cl)cc(SOOCl)cn12. The molecule has 2 aromatic heterocycles. The van der Waals surface area contributed by atoms with E-state index in [2.05, 4.69) is 18.5 Å². The van der Waals surface area contributed by atoms with Crippen LogP contribution in [0.2, 0.25) is 5.02 Å². The van der Waals surface area contributed by atoms with Gasteiger partial charge in [0.25, 0.3) is 0 Å². The molecule has 0 spiro atoms. The highest BCUT2D eigenvalue weighted by atomic mass is 35.5. The Hall–Kier alpha value is -0.990. The summed E-state index contributed by atoms with van der Waals surface area (Å²) in [6.45, 7) is 0. The summed E-state index contributed by atoms with van der Waals surface area (Å²) < 4.78 is 14.6. The molecule has 0 atom stereocenters. The lowest BCUT2D eigenvalue weighted by molar-refractivity contribution is -0.0684. The summed E-state index contributed by atoms with van der Waals surface area (Å²) in [6.07, 6.45) is 3.07. The van der Waals surface area contributed by atoms with Crippen LogP contribution in [0.25, 0.3) is 5.52 Å². The van der Waals surface area contributed by atoms with Crippen molar-refractivity contribution in [2.75, 3.05) is 7.11 Å². The number of nitrogens with zero attached hydrogens (tertiary/aromatic N) is 2. The molecule has 0 bridgehead atoms. The third-order valence-corrected chi connectivity index (χ3v) is 3.08. The first kappa shape index (κ1) is 13.4. The lowest BCUT2D eigenvalue weighted by Gasteiger charge is -2.04. The molecule has 0 aliphatic heterocycles. The number of fused-ring (bicyclic) bond motifs is 1. The minimum Gasteiger partial charge on any atom is -0.463 e. The lowest BCUT2D eigenvalue weighted by atomic mass is 10.4. The maximum absolute atomic E-state index is 11.5. The van der Waals surface area contributed by atoms with Crippen molar-refractivity contribution in [1.29, 1.82) is 0 Å². The quantitative estimate of drug-likeness (QED) is 0.374. The van der Waals surface area contributed by atoms with E-state index in [9.17, 15) is 4.79 Å². The highest BCUT2D eigenvalue weighted by Crippen LogP contribution is 2.27. The number of hydrogen-bond acceptors (Lipinski definition) is 6. The van der Waals surface area contributed by atoms with Gasteiger partial charge in [-0.1, -0.05) is 11.6 Å². The van der Waals surface area contributed by atoms with Gasteiger partial charge in [-0.3, -0.25) is 4.40 Å². The minimum absolute atomic E-state index is 0.114. The van der Waals surface area contributed by atoms with Gasteiger partial charge in [0.05, 0.1) is 40.8 Å². The van der Waals surface area contributed by atoms with Gasteiger partial charge < -0.3 is 4.74 Å². The van der Waals surface area contributed by atoms with E-state index < -0.39 is 5.97 Å². The molecule has 2 aromatic rings. The van der Waals surface area contributed by atoms with Crippen LogP contribution in [0.5, 0.6) is 0 Å². The Balaban J connectivity index is 2.50. The van der Waals surface area contributed by atoms with Gasteiger partial charge in [-0.2, -0.15) is 0 Å². The third kappa shape index (κ3) is 2.55. The number of imidazole rings is 1. The van der Waals surface area contributed by atoms with Crippen LogP contribution in [0.3, 0.4) is 0 Å². The number of rotatable bonds is 4. The molecule has 9 heteroatoms. The van der Waals surface area contributed by atoms with Gasteiger partial charge in [-0.25, -0.2) is 9.78 Å². The number of carbonyl (C=O) groups excluding carboxylic acids is 1. The van der Waals surface area contributed by atoms with Crippen LogP contribution < -0.4 is 0 Å². The van der Waals surface area contributed by atoms with Crippen molar-refractivity contribution >= 4 is 47.0 Å². The second-order valence-electron chi connectivity index (χ2n) is 3.07. The van der Waals surface area contributed by atoms with Crippen LogP contribution in [0.15, 0.2) is 23.4 Å². The van der Waals surface area contributed by atoms with E-state index in [1.165, 1.54) is 17.7 Å². The highest BCUT2D eigenvalue weighted by Gasteiger charge is 2.15. The van der Waals surface area contributed by atoms with E-state index >= 15 is 0 Å². The number of esters is 1. The molecule has 0 saturated carbocycles. The van der Waals surface area contributed by atoms with E-state index in [1.807, 2.05) is 0 Å². The van der Waals surface area contributed by atoms with Crippen LogP contribution in [-0.4, -0.2) is 22.5 Å². The zero-order chi connectivity index (χ0) is 13.1. The average Bonchev–Trinajstić information content (AvgIpc) is 2.79. The molecule has 0 aromatic carbocycles. The Kier molecular flexibility index (Phi) is 4.31. The van der Waals surface area contributed by atoms with Gasteiger partial charge in [0.2, 0.25) is 5.82 Å². The second-order valence-corrected chi connectivity index (χ2v) is 4.37. The number of carbonyl (C=O) groups is 1. The molecule has 2 rings (SSSR count). The summed E-state index contributed by atoms with van der Waals surface area (Å²) in [4.78, 5) is 16.0. The van der Waals surface area contributed by atoms with Crippen LogP contribution in [0.4, 0.5) is 0 Å². The summed E-state index contributed by atoms with van der Waals surface area (Å²) >= 11 is 11.8. The number of ether oxygens (including phenoxy) is 1. The van der Waals surface area contributed by atoms with E-state index in [0.29, 0.717) is 15.4 Å². The topological polar surface area (TPSA) is 62.1 Å². The lowest BCUT2D eigenvalue weighted by Crippen LogP contribution is -2.07. The van der Waals surface area contributed by atoms with Crippen molar-refractivity contribution in [1.82, 2.24) is 9.38 Å². The second kappa shape index (κ2) is 5.77. The number of methoxy groups -OCH3 is 1. The maximum Gasteiger partial charge on any atom is 0.374 e. The molecule has 0 fully saturated rings. The van der Waals surface area contributed by atoms with Crippen molar-refractivity contribution in [3.63, 3.8) is 0 Å². The minimum atomic E-state index is -0.567. The molecular formula is C9H6Cl2N2O4S.